The van der Waals surface area contributed by atoms with Gasteiger partial charge in [-0.3, -0.25) is 14.8 Å². The van der Waals surface area contributed by atoms with Crippen molar-refractivity contribution in [3.63, 3.8) is 0 Å². The summed E-state index contributed by atoms with van der Waals surface area (Å²) in [5.74, 6) is 0.773. The van der Waals surface area contributed by atoms with E-state index in [1.807, 2.05) is 12.4 Å². The summed E-state index contributed by atoms with van der Waals surface area (Å²) in [5.41, 5.74) is 2.75. The minimum atomic E-state index is -0.137. The Kier molecular flexibility index (Phi) is 3.41. The van der Waals surface area contributed by atoms with Gasteiger partial charge in [0.1, 0.15) is 5.82 Å². The number of hydrogen-bond acceptors (Lipinski definition) is 4. The van der Waals surface area contributed by atoms with E-state index in [0.29, 0.717) is 6.54 Å². The van der Waals surface area contributed by atoms with Gasteiger partial charge in [0.05, 0.1) is 17.5 Å². The van der Waals surface area contributed by atoms with Gasteiger partial charge in [0, 0.05) is 43.2 Å². The largest absolute Gasteiger partial charge is 0.310 e. The maximum atomic E-state index is 12.3. The van der Waals surface area contributed by atoms with Crippen LogP contribution in [-0.4, -0.2) is 31.6 Å². The van der Waals surface area contributed by atoms with Gasteiger partial charge in [-0.2, -0.15) is 5.10 Å². The van der Waals surface area contributed by atoms with Crippen LogP contribution in [0.2, 0.25) is 0 Å². The summed E-state index contributed by atoms with van der Waals surface area (Å²) in [5, 5.41) is 6.77. The highest BCUT2D eigenvalue weighted by Gasteiger charge is 2.24. The molecule has 0 amide bonds. The summed E-state index contributed by atoms with van der Waals surface area (Å²) in [4.78, 5) is 22.2. The number of fused-ring (bicyclic) bond motifs is 1. The Labute approximate surface area is 123 Å². The normalized spacial score (nSPS) is 16.0. The number of rotatable bonds is 2. The van der Waals surface area contributed by atoms with Crippen molar-refractivity contribution in [3.8, 4) is 0 Å². The van der Waals surface area contributed by atoms with Gasteiger partial charge >= 0.3 is 0 Å². The van der Waals surface area contributed by atoms with E-state index in [1.165, 1.54) is 0 Å². The van der Waals surface area contributed by atoms with Gasteiger partial charge in [0.25, 0.3) is 5.56 Å². The van der Waals surface area contributed by atoms with Crippen LogP contribution in [0.1, 0.15) is 43.4 Å². The lowest BCUT2D eigenvalue weighted by molar-refractivity contribution is 0.241. The molecule has 2 aromatic rings. The minimum Gasteiger partial charge on any atom is -0.310 e. The van der Waals surface area contributed by atoms with E-state index < -0.39 is 0 Å². The molecule has 3 rings (SSSR count). The maximum absolute atomic E-state index is 12.3. The second-order valence-corrected chi connectivity index (χ2v) is 6.66. The zero-order valence-electron chi connectivity index (χ0n) is 12.7. The van der Waals surface area contributed by atoms with E-state index in [2.05, 4.69) is 45.8 Å². The van der Waals surface area contributed by atoms with Gasteiger partial charge < -0.3 is 4.98 Å². The molecule has 0 atom stereocenters. The molecule has 1 aliphatic heterocycles. The third-order valence-electron chi connectivity index (χ3n) is 3.82. The van der Waals surface area contributed by atoms with Gasteiger partial charge in [-0.1, -0.05) is 20.8 Å². The van der Waals surface area contributed by atoms with Crippen LogP contribution in [-0.2, 0) is 24.9 Å². The van der Waals surface area contributed by atoms with Crippen LogP contribution in [0.5, 0.6) is 0 Å². The molecule has 112 valence electrons. The summed E-state index contributed by atoms with van der Waals surface area (Å²) in [6.45, 7) is 8.55. The third-order valence-corrected chi connectivity index (χ3v) is 3.82. The van der Waals surface area contributed by atoms with Gasteiger partial charge in [-0.25, -0.2) is 4.98 Å². The topological polar surface area (TPSA) is 77.7 Å². The third kappa shape index (κ3) is 2.90. The SMILES string of the molecule is CC(C)(C)c1nc2c(c(=O)[nH]1)CN(Cc1cn[nH]c1)CC2. The summed E-state index contributed by atoms with van der Waals surface area (Å²) in [6.07, 6.45) is 4.53. The molecule has 0 spiro atoms. The molecule has 0 radical (unpaired) electrons. The molecule has 6 heteroatoms. The molecule has 0 saturated heterocycles. The summed E-state index contributed by atoms with van der Waals surface area (Å²) in [6, 6.07) is 0. The van der Waals surface area contributed by atoms with E-state index in [0.717, 1.165) is 42.2 Å². The van der Waals surface area contributed by atoms with Crippen molar-refractivity contribution in [1.82, 2.24) is 25.1 Å². The van der Waals surface area contributed by atoms with E-state index >= 15 is 0 Å². The predicted molar refractivity (Wildman–Crippen MR) is 80.0 cm³/mol. The molecule has 2 aromatic heterocycles. The second-order valence-electron chi connectivity index (χ2n) is 6.66. The van der Waals surface area contributed by atoms with Gasteiger partial charge in [-0.05, 0) is 0 Å². The number of aromatic amines is 2. The van der Waals surface area contributed by atoms with Crippen LogP contribution in [0.3, 0.4) is 0 Å². The van der Waals surface area contributed by atoms with E-state index in [-0.39, 0.29) is 11.0 Å². The molecular formula is C15H21N5O. The molecule has 0 fully saturated rings. The van der Waals surface area contributed by atoms with E-state index in [9.17, 15) is 4.79 Å². The molecule has 0 unspecified atom stereocenters. The molecule has 3 heterocycles. The molecule has 6 nitrogen and oxygen atoms in total. The van der Waals surface area contributed by atoms with Crippen LogP contribution in [0.15, 0.2) is 17.2 Å². The number of nitrogens with zero attached hydrogens (tertiary/aromatic N) is 3. The van der Waals surface area contributed by atoms with Gasteiger partial charge in [0.2, 0.25) is 0 Å². The zero-order chi connectivity index (χ0) is 15.0. The van der Waals surface area contributed by atoms with Crippen molar-refractivity contribution in [3.05, 3.63) is 45.4 Å². The number of hydrogen-bond donors (Lipinski definition) is 2. The Hall–Kier alpha value is -1.95. The van der Waals surface area contributed by atoms with E-state index in [1.54, 1.807) is 0 Å². The minimum absolute atomic E-state index is 0.00168. The van der Waals surface area contributed by atoms with Crippen molar-refractivity contribution < 1.29 is 0 Å². The summed E-state index contributed by atoms with van der Waals surface area (Å²) >= 11 is 0. The van der Waals surface area contributed by atoms with Crippen molar-refractivity contribution in [1.29, 1.82) is 0 Å². The van der Waals surface area contributed by atoms with Crippen LogP contribution >= 0.6 is 0 Å². The fourth-order valence-corrected chi connectivity index (χ4v) is 2.59. The highest BCUT2D eigenvalue weighted by Crippen LogP contribution is 2.21. The first-order valence-corrected chi connectivity index (χ1v) is 7.26. The Bertz CT molecular complexity index is 681. The van der Waals surface area contributed by atoms with Crippen molar-refractivity contribution in [2.75, 3.05) is 6.54 Å². The van der Waals surface area contributed by atoms with Gasteiger partial charge in [0.15, 0.2) is 0 Å². The first-order chi connectivity index (χ1) is 9.93. The maximum Gasteiger partial charge on any atom is 0.255 e. The van der Waals surface area contributed by atoms with Crippen molar-refractivity contribution >= 4 is 0 Å². The number of H-pyrrole nitrogens is 2. The Morgan fingerprint density at radius 1 is 1.38 bits per heavy atom. The molecule has 0 aromatic carbocycles. The molecule has 21 heavy (non-hydrogen) atoms. The van der Waals surface area contributed by atoms with Crippen molar-refractivity contribution in [2.24, 2.45) is 0 Å². The zero-order valence-corrected chi connectivity index (χ0v) is 12.7. The van der Waals surface area contributed by atoms with Crippen LogP contribution in [0.25, 0.3) is 0 Å². The fourth-order valence-electron chi connectivity index (χ4n) is 2.59. The quantitative estimate of drug-likeness (QED) is 0.874. The lowest BCUT2D eigenvalue weighted by atomic mass is 9.95. The molecular weight excluding hydrogens is 266 g/mol. The van der Waals surface area contributed by atoms with Crippen LogP contribution in [0.4, 0.5) is 0 Å². The fraction of sp³-hybridized carbons (Fsp3) is 0.533. The standard InChI is InChI=1S/C15H21N5O/c1-15(2,3)14-18-12-4-5-20(8-10-6-16-17-7-10)9-11(12)13(21)19-14/h6-7H,4-5,8-9H2,1-3H3,(H,16,17)(H,18,19,21). The number of aromatic nitrogens is 4. The summed E-state index contributed by atoms with van der Waals surface area (Å²) < 4.78 is 0. The van der Waals surface area contributed by atoms with Gasteiger partial charge in [-0.15, -0.1) is 0 Å². The second kappa shape index (κ2) is 5.11. The average Bonchev–Trinajstić information content (AvgIpc) is 2.91. The summed E-state index contributed by atoms with van der Waals surface area (Å²) in [7, 11) is 0. The highest BCUT2D eigenvalue weighted by atomic mass is 16.1. The smallest absolute Gasteiger partial charge is 0.255 e. The molecule has 2 N–H and O–H groups in total. The molecule has 0 saturated carbocycles. The molecule has 0 bridgehead atoms. The lowest BCUT2D eigenvalue weighted by Gasteiger charge is -2.28. The van der Waals surface area contributed by atoms with Crippen LogP contribution in [0, 0.1) is 0 Å². The average molecular weight is 287 g/mol. The van der Waals surface area contributed by atoms with Crippen molar-refractivity contribution in [2.45, 2.75) is 45.7 Å². The first kappa shape index (κ1) is 14.0. The van der Waals surface area contributed by atoms with Crippen LogP contribution < -0.4 is 5.56 Å². The predicted octanol–water partition coefficient (Wildman–Crippen LogP) is 1.35. The Morgan fingerprint density at radius 2 is 2.19 bits per heavy atom. The molecule has 1 aliphatic rings. The Morgan fingerprint density at radius 3 is 2.86 bits per heavy atom. The monoisotopic (exact) mass is 287 g/mol. The van der Waals surface area contributed by atoms with E-state index in [4.69, 9.17) is 0 Å². The Balaban J connectivity index is 1.85. The highest BCUT2D eigenvalue weighted by molar-refractivity contribution is 5.23. The first-order valence-electron chi connectivity index (χ1n) is 7.26. The lowest BCUT2D eigenvalue weighted by Crippen LogP contribution is -2.37. The molecule has 0 aliphatic carbocycles. The number of nitrogens with one attached hydrogen (secondary N) is 2.